The van der Waals surface area contributed by atoms with E-state index in [9.17, 15) is 4.79 Å². The van der Waals surface area contributed by atoms with Crippen molar-refractivity contribution in [3.05, 3.63) is 102 Å². The molecule has 0 amide bonds. The van der Waals surface area contributed by atoms with Crippen LogP contribution in [0, 0.1) is 6.07 Å². The molecule has 31 heavy (non-hydrogen) atoms. The first-order valence-corrected chi connectivity index (χ1v) is 10.0. The molecule has 4 aromatic carbocycles. The third kappa shape index (κ3) is 2.42. The number of carbonyl (C=O) groups excluding carboxylic acids is 1. The van der Waals surface area contributed by atoms with Gasteiger partial charge in [-0.05, 0) is 39.6 Å². The Hall–Kier alpha value is -3.39. The third-order valence-corrected chi connectivity index (χ3v) is 6.27. The number of fused-ring (bicyclic) bond motifs is 6. The number of aromatic nitrogens is 1. The Labute approximate surface area is 192 Å². The van der Waals surface area contributed by atoms with Crippen LogP contribution in [0.4, 0.5) is 0 Å². The summed E-state index contributed by atoms with van der Waals surface area (Å²) in [5, 5.41) is 1.20. The molecule has 0 fully saturated rings. The predicted octanol–water partition coefficient (Wildman–Crippen LogP) is 6.56. The molecule has 147 valence electrons. The van der Waals surface area contributed by atoms with E-state index in [0.717, 1.165) is 39.0 Å². The van der Waals surface area contributed by atoms with E-state index < -0.39 is 0 Å². The van der Waals surface area contributed by atoms with Gasteiger partial charge in [-0.2, -0.15) is 0 Å². The van der Waals surface area contributed by atoms with Gasteiger partial charge >= 0.3 is 0 Å². The topological polar surface area (TPSA) is 30.0 Å². The van der Waals surface area contributed by atoms with Crippen LogP contribution in [0.25, 0.3) is 55.5 Å². The number of pyridine rings is 1. The van der Waals surface area contributed by atoms with Crippen LogP contribution in [0.15, 0.2) is 84.9 Å². The summed E-state index contributed by atoms with van der Waals surface area (Å²) in [7, 11) is 0. The van der Waals surface area contributed by atoms with Crippen molar-refractivity contribution in [2.75, 3.05) is 0 Å². The van der Waals surface area contributed by atoms with Gasteiger partial charge in [-0.3, -0.25) is 9.78 Å². The van der Waals surface area contributed by atoms with E-state index in [1.54, 1.807) is 0 Å². The summed E-state index contributed by atoms with van der Waals surface area (Å²) in [5.74, 6) is 0.0776. The maximum Gasteiger partial charge on any atom is 0.175 e. The number of carbonyl (C=O) groups is 1. The second-order valence-electron chi connectivity index (χ2n) is 7.85. The minimum atomic E-state index is 0. The Kier molecular flexibility index (Phi) is 3.89. The minimum Gasteiger partial charge on any atom is -0.296 e. The van der Waals surface area contributed by atoms with Crippen LogP contribution in [0.1, 0.15) is 15.9 Å². The van der Waals surface area contributed by atoms with Crippen LogP contribution in [0.5, 0.6) is 0 Å². The first-order chi connectivity index (χ1) is 14.8. The molecule has 0 saturated carbocycles. The summed E-state index contributed by atoms with van der Waals surface area (Å²) in [6, 6.07) is 32.0. The number of rotatable bonds is 1. The predicted molar refractivity (Wildman–Crippen MR) is 119 cm³/mol. The third-order valence-electron chi connectivity index (χ3n) is 6.27. The average molecular weight is 573 g/mol. The van der Waals surface area contributed by atoms with Crippen molar-refractivity contribution in [1.29, 1.82) is 0 Å². The van der Waals surface area contributed by atoms with E-state index in [4.69, 9.17) is 4.98 Å². The molecule has 1 heterocycles. The molecule has 2 nitrogen and oxygen atoms in total. The molecule has 1 aromatic heterocycles. The van der Waals surface area contributed by atoms with Gasteiger partial charge in [0.1, 0.15) is 0 Å². The van der Waals surface area contributed by atoms with Gasteiger partial charge < -0.3 is 0 Å². The second-order valence-corrected chi connectivity index (χ2v) is 7.85. The SMILES string of the molecule is O=C1c2cc(-c3cc4c5c(cccc5n3)-c3ccccc3-4)[c-]cc2-c2ccccc21.[Ir]. The molecule has 0 bridgehead atoms. The molecule has 0 N–H and O–H groups in total. The van der Waals surface area contributed by atoms with Gasteiger partial charge in [0.25, 0.3) is 0 Å². The Bertz CT molecular complexity index is 1570. The summed E-state index contributed by atoms with van der Waals surface area (Å²) < 4.78 is 0. The smallest absolute Gasteiger partial charge is 0.175 e. The second kappa shape index (κ2) is 6.55. The number of hydrogen-bond acceptors (Lipinski definition) is 2. The van der Waals surface area contributed by atoms with Crippen LogP contribution in [-0.4, -0.2) is 10.8 Å². The van der Waals surface area contributed by atoms with Crippen molar-refractivity contribution in [2.45, 2.75) is 0 Å². The largest absolute Gasteiger partial charge is 0.296 e. The Morgan fingerprint density at radius 1 is 0.613 bits per heavy atom. The van der Waals surface area contributed by atoms with Gasteiger partial charge in [0, 0.05) is 31.1 Å². The minimum absolute atomic E-state index is 0. The number of ketones is 1. The molecule has 3 heteroatoms. The molecule has 2 aliphatic rings. The molecule has 0 atom stereocenters. The van der Waals surface area contributed by atoms with Crippen LogP contribution >= 0.6 is 0 Å². The summed E-state index contributed by atoms with van der Waals surface area (Å²) in [6.07, 6.45) is 0. The fourth-order valence-corrected chi connectivity index (χ4v) is 4.93. The Morgan fingerprint density at radius 3 is 2.03 bits per heavy atom. The number of benzene rings is 4. The molecule has 0 spiro atoms. The van der Waals surface area contributed by atoms with Crippen molar-refractivity contribution in [1.82, 2.24) is 4.98 Å². The maximum absolute atomic E-state index is 12.9. The quantitative estimate of drug-likeness (QED) is 0.209. The summed E-state index contributed by atoms with van der Waals surface area (Å²) in [4.78, 5) is 17.9. The molecule has 2 aliphatic carbocycles. The summed E-state index contributed by atoms with van der Waals surface area (Å²) in [6.45, 7) is 0. The molecule has 1 radical (unpaired) electrons. The molecular weight excluding hydrogens is 559 g/mol. The standard InChI is InChI=1S/C28H14NO.Ir/c30-28-22-9-4-3-7-18(22)20-13-12-16(14-24(20)28)26-15-23-19-8-2-1-6-17(19)21-10-5-11-25(29-26)27(21)23;/h1-11,13-15H;/q-1;. The zero-order valence-electron chi connectivity index (χ0n) is 16.3. The van der Waals surface area contributed by atoms with E-state index in [2.05, 4.69) is 54.6 Å². The monoisotopic (exact) mass is 573 g/mol. The van der Waals surface area contributed by atoms with Gasteiger partial charge in [-0.15, -0.1) is 23.8 Å². The van der Waals surface area contributed by atoms with Gasteiger partial charge in [0.2, 0.25) is 0 Å². The first kappa shape index (κ1) is 18.4. The Balaban J connectivity index is 0.00000185. The van der Waals surface area contributed by atoms with Gasteiger partial charge in [0.05, 0.1) is 5.52 Å². The zero-order valence-corrected chi connectivity index (χ0v) is 18.7. The molecule has 7 rings (SSSR count). The van der Waals surface area contributed by atoms with E-state index in [1.165, 1.54) is 27.6 Å². The van der Waals surface area contributed by atoms with Crippen molar-refractivity contribution < 1.29 is 24.9 Å². The normalized spacial score (nSPS) is 12.3. The van der Waals surface area contributed by atoms with Crippen molar-refractivity contribution >= 4 is 16.7 Å². The first-order valence-electron chi connectivity index (χ1n) is 10.0. The van der Waals surface area contributed by atoms with E-state index in [-0.39, 0.29) is 25.9 Å². The Morgan fingerprint density at radius 2 is 1.26 bits per heavy atom. The molecule has 5 aromatic rings. The maximum atomic E-state index is 12.9. The van der Waals surface area contributed by atoms with E-state index in [0.29, 0.717) is 0 Å². The van der Waals surface area contributed by atoms with Gasteiger partial charge in [-0.1, -0.05) is 77.9 Å². The molecular formula is C28H14IrNO-. The van der Waals surface area contributed by atoms with Crippen molar-refractivity contribution in [2.24, 2.45) is 0 Å². The van der Waals surface area contributed by atoms with Gasteiger partial charge in [0.15, 0.2) is 5.78 Å². The average Bonchev–Trinajstić information content (AvgIpc) is 3.28. The van der Waals surface area contributed by atoms with Crippen LogP contribution in [-0.2, 0) is 20.1 Å². The zero-order chi connectivity index (χ0) is 19.8. The molecule has 0 saturated heterocycles. The molecule has 0 unspecified atom stereocenters. The van der Waals surface area contributed by atoms with E-state index in [1.807, 2.05) is 36.4 Å². The van der Waals surface area contributed by atoms with Crippen molar-refractivity contribution in [3.8, 4) is 44.6 Å². The summed E-state index contributed by atoms with van der Waals surface area (Å²) in [5.41, 5.74) is 11.0. The molecule has 0 aliphatic heterocycles. The number of nitrogens with zero attached hydrogens (tertiary/aromatic N) is 1. The van der Waals surface area contributed by atoms with Crippen LogP contribution in [0.2, 0.25) is 0 Å². The fourth-order valence-electron chi connectivity index (χ4n) is 4.93. The van der Waals surface area contributed by atoms with Gasteiger partial charge in [-0.25, -0.2) is 0 Å². The van der Waals surface area contributed by atoms with Crippen LogP contribution < -0.4 is 0 Å². The van der Waals surface area contributed by atoms with Crippen molar-refractivity contribution in [3.63, 3.8) is 0 Å². The van der Waals surface area contributed by atoms with Crippen LogP contribution in [0.3, 0.4) is 0 Å². The number of hydrogen-bond donors (Lipinski definition) is 0. The van der Waals surface area contributed by atoms with E-state index >= 15 is 0 Å². The fraction of sp³-hybridized carbons (Fsp3) is 0. The summed E-state index contributed by atoms with van der Waals surface area (Å²) >= 11 is 0.